The normalized spacial score (nSPS) is 13.2. The molecule has 0 amide bonds. The van der Waals surface area contributed by atoms with Crippen LogP contribution < -0.4 is 5.32 Å². The molecule has 0 bridgehead atoms. The van der Waals surface area contributed by atoms with E-state index in [9.17, 15) is 5.11 Å². The third-order valence-electron chi connectivity index (χ3n) is 2.17. The molecule has 0 aliphatic rings. The predicted octanol–water partition coefficient (Wildman–Crippen LogP) is 0.855. The lowest BCUT2D eigenvalue weighted by Crippen LogP contribution is -2.38. The minimum atomic E-state index is -0.283. The molecule has 1 atom stereocenters. The van der Waals surface area contributed by atoms with E-state index in [1.54, 1.807) is 0 Å². The second kappa shape index (κ2) is 7.97. The number of rotatable bonds is 8. The van der Waals surface area contributed by atoms with Crippen molar-refractivity contribution in [3.05, 3.63) is 12.2 Å². The van der Waals surface area contributed by atoms with Gasteiger partial charge in [0.1, 0.15) is 0 Å². The van der Waals surface area contributed by atoms with Gasteiger partial charge < -0.3 is 15.3 Å². The summed E-state index contributed by atoms with van der Waals surface area (Å²) in [7, 11) is 0. The third kappa shape index (κ3) is 7.06. The van der Waals surface area contributed by atoms with Gasteiger partial charge in [-0.15, -0.1) is 0 Å². The maximum absolute atomic E-state index is 9.66. The van der Waals surface area contributed by atoms with Crippen molar-refractivity contribution in [1.29, 1.82) is 0 Å². The molecule has 0 aliphatic heterocycles. The second-order valence-electron chi connectivity index (χ2n) is 3.73. The maximum atomic E-state index is 9.66. The van der Waals surface area contributed by atoms with E-state index in [0.29, 0.717) is 6.54 Å². The van der Waals surface area contributed by atoms with Crippen LogP contribution in [0.25, 0.3) is 0 Å². The lowest BCUT2D eigenvalue weighted by atomic mass is 10.3. The van der Waals surface area contributed by atoms with E-state index in [4.69, 9.17) is 0 Å². The molecular weight excluding hydrogens is 176 g/mol. The lowest BCUT2D eigenvalue weighted by molar-refractivity contribution is 0.117. The zero-order valence-electron chi connectivity index (χ0n) is 9.71. The van der Waals surface area contributed by atoms with Gasteiger partial charge in [0, 0.05) is 19.6 Å². The number of hydrogen-bond donors (Lipinski definition) is 2. The van der Waals surface area contributed by atoms with E-state index in [1.165, 1.54) is 0 Å². The van der Waals surface area contributed by atoms with Crippen molar-refractivity contribution in [2.75, 3.05) is 32.7 Å². The number of likely N-dealkylation sites (N-methyl/N-ethyl adjacent to an activating group) is 1. The van der Waals surface area contributed by atoms with Crippen LogP contribution in [0.5, 0.6) is 0 Å². The minimum absolute atomic E-state index is 0.283. The molecule has 0 spiro atoms. The second-order valence-corrected chi connectivity index (χ2v) is 3.73. The van der Waals surface area contributed by atoms with Crippen LogP contribution in [0.2, 0.25) is 0 Å². The van der Waals surface area contributed by atoms with E-state index in [2.05, 4.69) is 30.6 Å². The van der Waals surface area contributed by atoms with Crippen LogP contribution in [0, 0.1) is 0 Å². The standard InChI is InChI=1S/C11H24N2O/c1-5-13(6-2)9-11(14)8-12-7-10(3)4/h11-12,14H,3,5-9H2,1-2,4H3. The fourth-order valence-corrected chi connectivity index (χ4v) is 1.30. The first kappa shape index (κ1) is 13.6. The van der Waals surface area contributed by atoms with Gasteiger partial charge in [-0.25, -0.2) is 0 Å². The van der Waals surface area contributed by atoms with Crippen molar-refractivity contribution in [3.8, 4) is 0 Å². The Labute approximate surface area is 87.8 Å². The molecule has 2 N–H and O–H groups in total. The Hall–Kier alpha value is -0.380. The van der Waals surface area contributed by atoms with Crippen LogP contribution in [0.3, 0.4) is 0 Å². The molecule has 0 rings (SSSR count). The summed E-state index contributed by atoms with van der Waals surface area (Å²) in [6.45, 7) is 14.1. The van der Waals surface area contributed by atoms with Gasteiger partial charge >= 0.3 is 0 Å². The highest BCUT2D eigenvalue weighted by Crippen LogP contribution is 1.91. The lowest BCUT2D eigenvalue weighted by Gasteiger charge is -2.22. The number of nitrogens with one attached hydrogen (secondary N) is 1. The van der Waals surface area contributed by atoms with Gasteiger partial charge in [-0.3, -0.25) is 0 Å². The Morgan fingerprint density at radius 2 is 2.00 bits per heavy atom. The summed E-state index contributed by atoms with van der Waals surface area (Å²) in [5.41, 5.74) is 1.10. The van der Waals surface area contributed by atoms with E-state index in [-0.39, 0.29) is 6.10 Å². The van der Waals surface area contributed by atoms with Gasteiger partial charge in [-0.2, -0.15) is 0 Å². The van der Waals surface area contributed by atoms with Gasteiger partial charge in [-0.05, 0) is 20.0 Å². The maximum Gasteiger partial charge on any atom is 0.0791 e. The number of aliphatic hydroxyl groups excluding tert-OH is 1. The monoisotopic (exact) mass is 200 g/mol. The Morgan fingerprint density at radius 3 is 2.43 bits per heavy atom. The smallest absolute Gasteiger partial charge is 0.0791 e. The fourth-order valence-electron chi connectivity index (χ4n) is 1.30. The summed E-state index contributed by atoms with van der Waals surface area (Å²) in [6, 6.07) is 0. The van der Waals surface area contributed by atoms with Gasteiger partial charge in [0.25, 0.3) is 0 Å². The Morgan fingerprint density at radius 1 is 1.43 bits per heavy atom. The first-order valence-corrected chi connectivity index (χ1v) is 5.35. The van der Waals surface area contributed by atoms with Crippen LogP contribution in [0.15, 0.2) is 12.2 Å². The molecule has 0 radical (unpaired) electrons. The molecule has 0 fully saturated rings. The quantitative estimate of drug-likeness (QED) is 0.570. The van der Waals surface area contributed by atoms with Gasteiger partial charge in [0.05, 0.1) is 6.10 Å². The topological polar surface area (TPSA) is 35.5 Å². The van der Waals surface area contributed by atoms with Crippen molar-refractivity contribution >= 4 is 0 Å². The molecular formula is C11H24N2O. The third-order valence-corrected chi connectivity index (χ3v) is 2.17. The van der Waals surface area contributed by atoms with Crippen molar-refractivity contribution in [2.45, 2.75) is 26.9 Å². The summed E-state index contributed by atoms with van der Waals surface area (Å²) in [6.07, 6.45) is -0.283. The SMILES string of the molecule is C=C(C)CNCC(O)CN(CC)CC. The summed E-state index contributed by atoms with van der Waals surface area (Å²) < 4.78 is 0. The molecule has 3 heteroatoms. The van der Waals surface area contributed by atoms with Gasteiger partial charge in [-0.1, -0.05) is 26.0 Å². The molecule has 0 saturated heterocycles. The van der Waals surface area contributed by atoms with Crippen molar-refractivity contribution < 1.29 is 5.11 Å². The van der Waals surface area contributed by atoms with Crippen molar-refractivity contribution in [2.24, 2.45) is 0 Å². The van der Waals surface area contributed by atoms with E-state index < -0.39 is 0 Å². The van der Waals surface area contributed by atoms with Gasteiger partial charge in [0.15, 0.2) is 0 Å². The molecule has 0 aromatic heterocycles. The van der Waals surface area contributed by atoms with E-state index >= 15 is 0 Å². The van der Waals surface area contributed by atoms with Crippen LogP contribution in [0.1, 0.15) is 20.8 Å². The van der Waals surface area contributed by atoms with Gasteiger partial charge in [0.2, 0.25) is 0 Å². The minimum Gasteiger partial charge on any atom is -0.390 e. The molecule has 1 unspecified atom stereocenters. The summed E-state index contributed by atoms with van der Waals surface area (Å²) in [4.78, 5) is 2.22. The Bertz CT molecular complexity index is 155. The Balaban J connectivity index is 3.53. The highest BCUT2D eigenvalue weighted by molar-refractivity contribution is 4.90. The van der Waals surface area contributed by atoms with E-state index in [1.807, 2.05) is 6.92 Å². The van der Waals surface area contributed by atoms with Crippen molar-refractivity contribution in [3.63, 3.8) is 0 Å². The zero-order valence-corrected chi connectivity index (χ0v) is 9.71. The molecule has 3 nitrogen and oxygen atoms in total. The highest BCUT2D eigenvalue weighted by Gasteiger charge is 2.07. The highest BCUT2D eigenvalue weighted by atomic mass is 16.3. The zero-order chi connectivity index (χ0) is 11.0. The van der Waals surface area contributed by atoms with Crippen molar-refractivity contribution in [1.82, 2.24) is 10.2 Å². The average Bonchev–Trinajstić information content (AvgIpc) is 2.13. The number of aliphatic hydroxyl groups is 1. The fraction of sp³-hybridized carbons (Fsp3) is 0.818. The largest absolute Gasteiger partial charge is 0.390 e. The van der Waals surface area contributed by atoms with Crippen LogP contribution in [0.4, 0.5) is 0 Å². The summed E-state index contributed by atoms with van der Waals surface area (Å²) in [5, 5.41) is 12.8. The molecule has 0 saturated carbocycles. The number of nitrogens with zero attached hydrogens (tertiary/aromatic N) is 1. The summed E-state index contributed by atoms with van der Waals surface area (Å²) in [5.74, 6) is 0. The van der Waals surface area contributed by atoms with E-state index in [0.717, 1.165) is 31.8 Å². The molecule has 84 valence electrons. The number of hydrogen-bond acceptors (Lipinski definition) is 3. The Kier molecular flexibility index (Phi) is 7.76. The molecule has 0 aromatic carbocycles. The predicted molar refractivity (Wildman–Crippen MR) is 61.5 cm³/mol. The first-order chi connectivity index (χ1) is 6.60. The first-order valence-electron chi connectivity index (χ1n) is 5.35. The molecule has 0 aromatic rings. The van der Waals surface area contributed by atoms with Crippen LogP contribution in [-0.2, 0) is 0 Å². The molecule has 0 heterocycles. The van der Waals surface area contributed by atoms with Crippen LogP contribution >= 0.6 is 0 Å². The molecule has 14 heavy (non-hydrogen) atoms. The summed E-state index contributed by atoms with van der Waals surface area (Å²) >= 11 is 0. The molecule has 0 aliphatic carbocycles. The van der Waals surface area contributed by atoms with Crippen LogP contribution in [-0.4, -0.2) is 48.8 Å². The average molecular weight is 200 g/mol.